The fraction of sp³-hybridized carbons (Fsp3) is 0.800. The van der Waals surface area contributed by atoms with Gasteiger partial charge in [-0.2, -0.15) is 0 Å². The molecule has 0 aromatic carbocycles. The van der Waals surface area contributed by atoms with Crippen LogP contribution in [0.1, 0.15) is 19.3 Å². The minimum absolute atomic E-state index is 0.0245. The van der Waals surface area contributed by atoms with Crippen molar-refractivity contribution in [2.24, 2.45) is 23.7 Å². The number of carbonyl (C=O) groups excluding carboxylic acids is 2. The molecule has 4 fully saturated rings. The van der Waals surface area contributed by atoms with Gasteiger partial charge in [0.25, 0.3) is 0 Å². The number of rotatable bonds is 0. The summed E-state index contributed by atoms with van der Waals surface area (Å²) in [6.07, 6.45) is 2.22. The Labute approximate surface area is 81.7 Å². The number of aliphatic hydroxyl groups is 1. The van der Waals surface area contributed by atoms with E-state index in [2.05, 4.69) is 5.32 Å². The molecule has 0 spiro atoms. The lowest BCUT2D eigenvalue weighted by molar-refractivity contribution is -0.137. The largest absolute Gasteiger partial charge is 0.393 e. The van der Waals surface area contributed by atoms with Crippen molar-refractivity contribution < 1.29 is 14.7 Å². The molecule has 14 heavy (non-hydrogen) atoms. The summed E-state index contributed by atoms with van der Waals surface area (Å²) in [5.74, 6) is -0.382. The van der Waals surface area contributed by atoms with Gasteiger partial charge in [-0.3, -0.25) is 14.9 Å². The minimum Gasteiger partial charge on any atom is -0.393 e. The monoisotopic (exact) mass is 195 g/mol. The van der Waals surface area contributed by atoms with Crippen LogP contribution < -0.4 is 5.32 Å². The van der Waals surface area contributed by atoms with Crippen LogP contribution in [-0.2, 0) is 9.59 Å². The smallest absolute Gasteiger partial charge is 0.230 e. The molecule has 5 atom stereocenters. The van der Waals surface area contributed by atoms with Gasteiger partial charge in [0.05, 0.1) is 17.9 Å². The van der Waals surface area contributed by atoms with E-state index in [1.54, 1.807) is 0 Å². The molecule has 3 saturated carbocycles. The standard InChI is InChI=1S/C10H13NO3/c12-6-3-4-1-2-5(6)8-7(4)9(13)11-10(8)14/h4-8,12H,1-3H2,(H,11,13,14)/t4?,5-,6?,7-,8+/m0/s1. The van der Waals surface area contributed by atoms with Crippen molar-refractivity contribution in [1.82, 2.24) is 5.32 Å². The highest BCUT2D eigenvalue weighted by Gasteiger charge is 2.57. The zero-order chi connectivity index (χ0) is 9.87. The van der Waals surface area contributed by atoms with Crippen molar-refractivity contribution in [3.05, 3.63) is 0 Å². The first kappa shape index (κ1) is 8.41. The van der Waals surface area contributed by atoms with Gasteiger partial charge < -0.3 is 5.11 Å². The Bertz CT molecular complexity index is 314. The number of aliphatic hydroxyl groups excluding tert-OH is 1. The van der Waals surface area contributed by atoms with Gasteiger partial charge in [-0.05, 0) is 31.1 Å². The van der Waals surface area contributed by atoms with E-state index in [0.29, 0.717) is 6.42 Å². The van der Waals surface area contributed by atoms with Crippen LogP contribution in [0.2, 0.25) is 0 Å². The Morgan fingerprint density at radius 1 is 1.14 bits per heavy atom. The summed E-state index contributed by atoms with van der Waals surface area (Å²) in [6.45, 7) is 0. The molecule has 1 aliphatic heterocycles. The van der Waals surface area contributed by atoms with Crippen LogP contribution in [0.5, 0.6) is 0 Å². The normalized spacial score (nSPS) is 50.5. The van der Waals surface area contributed by atoms with Gasteiger partial charge in [0.1, 0.15) is 0 Å². The van der Waals surface area contributed by atoms with Crippen LogP contribution in [0, 0.1) is 23.7 Å². The van der Waals surface area contributed by atoms with Crippen molar-refractivity contribution >= 4 is 11.8 Å². The third-order valence-electron chi connectivity index (χ3n) is 4.12. The first-order valence-electron chi connectivity index (χ1n) is 5.21. The van der Waals surface area contributed by atoms with Gasteiger partial charge in [-0.1, -0.05) is 0 Å². The van der Waals surface area contributed by atoms with Crippen molar-refractivity contribution in [3.63, 3.8) is 0 Å². The van der Waals surface area contributed by atoms with Crippen molar-refractivity contribution in [2.75, 3.05) is 0 Å². The van der Waals surface area contributed by atoms with Gasteiger partial charge in [0.15, 0.2) is 0 Å². The van der Waals surface area contributed by atoms with Crippen molar-refractivity contribution in [3.8, 4) is 0 Å². The maximum Gasteiger partial charge on any atom is 0.230 e. The molecule has 1 saturated heterocycles. The van der Waals surface area contributed by atoms with Crippen LogP contribution >= 0.6 is 0 Å². The Morgan fingerprint density at radius 3 is 2.57 bits per heavy atom. The molecule has 76 valence electrons. The molecule has 4 aliphatic rings. The molecule has 0 radical (unpaired) electrons. The van der Waals surface area contributed by atoms with E-state index in [0.717, 1.165) is 12.8 Å². The fourth-order valence-corrected chi connectivity index (χ4v) is 3.53. The molecule has 3 aliphatic carbocycles. The van der Waals surface area contributed by atoms with Crippen molar-refractivity contribution in [2.45, 2.75) is 25.4 Å². The van der Waals surface area contributed by atoms with Gasteiger partial charge in [-0.15, -0.1) is 0 Å². The molecule has 0 aromatic rings. The van der Waals surface area contributed by atoms with Crippen LogP contribution in [0.4, 0.5) is 0 Å². The maximum absolute atomic E-state index is 11.5. The van der Waals surface area contributed by atoms with Gasteiger partial charge in [0.2, 0.25) is 11.8 Å². The predicted molar refractivity (Wildman–Crippen MR) is 47.0 cm³/mol. The van der Waals surface area contributed by atoms with E-state index in [1.165, 1.54) is 0 Å². The zero-order valence-corrected chi connectivity index (χ0v) is 7.77. The SMILES string of the molecule is O=C1NC(=O)[C@H]2C3CC[C@@H](C(O)C3)[C@@H]12. The predicted octanol–water partition coefficient (Wildman–Crippen LogP) is -0.334. The van der Waals surface area contributed by atoms with E-state index in [9.17, 15) is 14.7 Å². The highest BCUT2D eigenvalue weighted by Crippen LogP contribution is 2.50. The Kier molecular flexibility index (Phi) is 1.54. The van der Waals surface area contributed by atoms with Crippen LogP contribution in [-0.4, -0.2) is 23.0 Å². The summed E-state index contributed by atoms with van der Waals surface area (Å²) in [6, 6.07) is 0. The molecule has 2 amide bonds. The fourth-order valence-electron chi connectivity index (χ4n) is 3.53. The molecule has 4 heteroatoms. The van der Waals surface area contributed by atoms with E-state index in [-0.39, 0.29) is 41.6 Å². The van der Waals surface area contributed by atoms with Gasteiger partial charge >= 0.3 is 0 Å². The zero-order valence-electron chi connectivity index (χ0n) is 7.77. The summed E-state index contributed by atoms with van der Waals surface area (Å²) >= 11 is 0. The van der Waals surface area contributed by atoms with Crippen LogP contribution in [0.3, 0.4) is 0 Å². The molecule has 1 heterocycles. The number of imide groups is 1. The highest BCUT2D eigenvalue weighted by molar-refractivity contribution is 6.05. The molecule has 0 aromatic heterocycles. The Hall–Kier alpha value is -0.900. The summed E-state index contributed by atoms with van der Waals surface area (Å²) < 4.78 is 0. The second-order valence-corrected chi connectivity index (χ2v) is 4.71. The molecular weight excluding hydrogens is 182 g/mol. The average molecular weight is 195 g/mol. The molecule has 4 rings (SSSR count). The van der Waals surface area contributed by atoms with Gasteiger partial charge in [0, 0.05) is 0 Å². The number of nitrogens with one attached hydrogen (secondary N) is 1. The van der Waals surface area contributed by atoms with E-state index in [4.69, 9.17) is 0 Å². The molecule has 2 unspecified atom stereocenters. The number of carbonyl (C=O) groups is 2. The highest BCUT2D eigenvalue weighted by atomic mass is 16.3. The van der Waals surface area contributed by atoms with Crippen LogP contribution in [0.15, 0.2) is 0 Å². The van der Waals surface area contributed by atoms with Crippen molar-refractivity contribution in [1.29, 1.82) is 0 Å². The number of amides is 2. The topological polar surface area (TPSA) is 66.4 Å². The van der Waals surface area contributed by atoms with E-state index >= 15 is 0 Å². The molecule has 2 bridgehead atoms. The lowest BCUT2D eigenvalue weighted by Gasteiger charge is -2.45. The average Bonchev–Trinajstić information content (AvgIpc) is 2.45. The van der Waals surface area contributed by atoms with Gasteiger partial charge in [-0.25, -0.2) is 0 Å². The van der Waals surface area contributed by atoms with Crippen LogP contribution in [0.25, 0.3) is 0 Å². The Morgan fingerprint density at radius 2 is 1.86 bits per heavy atom. The second-order valence-electron chi connectivity index (χ2n) is 4.71. The first-order chi connectivity index (χ1) is 6.68. The Balaban J connectivity index is 2.00. The number of hydrogen-bond donors (Lipinski definition) is 2. The van der Waals surface area contributed by atoms with E-state index < -0.39 is 0 Å². The molecular formula is C10H13NO3. The second kappa shape index (κ2) is 2.57. The lowest BCUT2D eigenvalue weighted by Crippen LogP contribution is -2.48. The number of fused-ring (bicyclic) bond motifs is 2. The molecule has 2 N–H and O–H groups in total. The quantitative estimate of drug-likeness (QED) is 0.520. The first-order valence-corrected chi connectivity index (χ1v) is 5.21. The summed E-state index contributed by atoms with van der Waals surface area (Å²) in [4.78, 5) is 23.0. The molecule has 4 nitrogen and oxygen atoms in total. The third-order valence-corrected chi connectivity index (χ3v) is 4.12. The van der Waals surface area contributed by atoms with E-state index in [1.807, 2.05) is 0 Å². The summed E-state index contributed by atoms with van der Waals surface area (Å²) in [7, 11) is 0. The third kappa shape index (κ3) is 0.869. The maximum atomic E-state index is 11.5. The minimum atomic E-state index is -0.369. The number of hydrogen-bond acceptors (Lipinski definition) is 3. The summed E-state index contributed by atoms with van der Waals surface area (Å²) in [5, 5.41) is 12.2. The lowest BCUT2D eigenvalue weighted by atomic mass is 9.58. The summed E-state index contributed by atoms with van der Waals surface area (Å²) in [5.41, 5.74) is 0.